The van der Waals surface area contributed by atoms with Crippen LogP contribution in [0.4, 0.5) is 5.95 Å². The van der Waals surface area contributed by atoms with Gasteiger partial charge in [-0.1, -0.05) is 13.8 Å². The van der Waals surface area contributed by atoms with Gasteiger partial charge in [0.05, 0.1) is 13.2 Å². The number of carbonyl (C=O) groups excluding carboxylic acids is 1. The summed E-state index contributed by atoms with van der Waals surface area (Å²) in [6, 6.07) is 0.488. The second-order valence-electron chi connectivity index (χ2n) is 9.61. The highest BCUT2D eigenvalue weighted by molar-refractivity contribution is 5.77. The van der Waals surface area contributed by atoms with Crippen LogP contribution < -0.4 is 4.90 Å². The Balaban J connectivity index is 1.67. The summed E-state index contributed by atoms with van der Waals surface area (Å²) in [4.78, 5) is 16.7. The van der Waals surface area contributed by atoms with Gasteiger partial charge in [0.15, 0.2) is 5.82 Å². The predicted molar refractivity (Wildman–Crippen MR) is 114 cm³/mol. The average Bonchev–Trinajstić information content (AvgIpc) is 3.44. The quantitative estimate of drug-likeness (QED) is 0.645. The summed E-state index contributed by atoms with van der Waals surface area (Å²) in [7, 11) is 1.78. The number of amides is 1. The maximum atomic E-state index is 12.3. The van der Waals surface area contributed by atoms with E-state index in [9.17, 15) is 4.79 Å². The molecule has 0 spiro atoms. The van der Waals surface area contributed by atoms with Gasteiger partial charge >= 0.3 is 0 Å². The first-order chi connectivity index (χ1) is 14.5. The second kappa shape index (κ2) is 9.22. The molecule has 3 fully saturated rings. The Morgan fingerprint density at radius 1 is 1.20 bits per heavy atom. The maximum absolute atomic E-state index is 12.3. The third-order valence-electron chi connectivity index (χ3n) is 7.13. The van der Waals surface area contributed by atoms with E-state index in [4.69, 9.17) is 9.47 Å². The van der Waals surface area contributed by atoms with Crippen LogP contribution in [0.25, 0.3) is 0 Å². The number of rotatable bonds is 8. The summed E-state index contributed by atoms with van der Waals surface area (Å²) in [5.74, 6) is 2.66. The first-order valence-electron chi connectivity index (χ1n) is 11.6. The van der Waals surface area contributed by atoms with Gasteiger partial charge < -0.3 is 19.3 Å². The first kappa shape index (κ1) is 21.6. The zero-order valence-corrected chi connectivity index (χ0v) is 18.8. The lowest BCUT2D eigenvalue weighted by Crippen LogP contribution is -2.41. The van der Waals surface area contributed by atoms with E-state index < -0.39 is 0 Å². The van der Waals surface area contributed by atoms with Crippen molar-refractivity contribution in [1.29, 1.82) is 0 Å². The van der Waals surface area contributed by atoms with E-state index in [0.29, 0.717) is 31.5 Å². The van der Waals surface area contributed by atoms with Crippen LogP contribution in [-0.4, -0.2) is 71.6 Å². The third kappa shape index (κ3) is 4.35. The number of carbonyl (C=O) groups is 1. The summed E-state index contributed by atoms with van der Waals surface area (Å²) < 4.78 is 13.6. The number of aromatic nitrogens is 3. The Hall–Kier alpha value is -1.67. The molecule has 30 heavy (non-hydrogen) atoms. The van der Waals surface area contributed by atoms with E-state index in [-0.39, 0.29) is 11.3 Å². The van der Waals surface area contributed by atoms with Gasteiger partial charge in [-0.25, -0.2) is 0 Å². The average molecular weight is 420 g/mol. The van der Waals surface area contributed by atoms with E-state index in [0.717, 1.165) is 63.9 Å². The van der Waals surface area contributed by atoms with Crippen LogP contribution in [0.1, 0.15) is 58.2 Å². The Labute approximate surface area is 179 Å². The Kier molecular flexibility index (Phi) is 6.63. The smallest absolute Gasteiger partial charge is 0.227 e. The van der Waals surface area contributed by atoms with Crippen molar-refractivity contribution in [3.05, 3.63) is 5.82 Å². The number of methoxy groups -OCH3 is 1. The molecule has 3 aliphatic heterocycles. The van der Waals surface area contributed by atoms with E-state index in [2.05, 4.69) is 33.5 Å². The number of hydrogen-bond acceptors (Lipinski definition) is 6. The normalized spacial score (nSPS) is 24.4. The molecule has 0 N–H and O–H groups in total. The molecule has 168 valence electrons. The number of anilines is 1. The minimum absolute atomic E-state index is 0.0148. The van der Waals surface area contributed by atoms with Gasteiger partial charge in [0.1, 0.15) is 0 Å². The van der Waals surface area contributed by atoms with Gasteiger partial charge in [-0.15, -0.1) is 10.2 Å². The molecule has 8 nitrogen and oxygen atoms in total. The van der Waals surface area contributed by atoms with Gasteiger partial charge in [0.25, 0.3) is 0 Å². The van der Waals surface area contributed by atoms with Crippen molar-refractivity contribution in [2.75, 3.05) is 44.9 Å². The molecule has 0 saturated carbocycles. The number of hydrogen-bond donors (Lipinski definition) is 0. The van der Waals surface area contributed by atoms with Crippen LogP contribution in [0.2, 0.25) is 0 Å². The molecule has 3 aliphatic rings. The highest BCUT2D eigenvalue weighted by atomic mass is 16.5. The molecule has 8 heteroatoms. The number of nitrogens with zero attached hydrogens (tertiary/aromatic N) is 5. The van der Waals surface area contributed by atoms with Crippen molar-refractivity contribution < 1.29 is 14.3 Å². The predicted octanol–water partition coefficient (Wildman–Crippen LogP) is 2.47. The lowest BCUT2D eigenvalue weighted by atomic mass is 9.80. The molecular formula is C22H37N5O3. The van der Waals surface area contributed by atoms with Crippen LogP contribution in [-0.2, 0) is 27.4 Å². The van der Waals surface area contributed by atoms with Crippen molar-refractivity contribution >= 4 is 11.9 Å². The van der Waals surface area contributed by atoms with E-state index in [1.165, 1.54) is 12.8 Å². The fourth-order valence-corrected chi connectivity index (χ4v) is 5.39. The second-order valence-corrected chi connectivity index (χ2v) is 9.61. The number of ether oxygens (including phenoxy) is 2. The zero-order chi connectivity index (χ0) is 21.1. The van der Waals surface area contributed by atoms with Gasteiger partial charge in [-0.05, 0) is 38.0 Å². The minimum Gasteiger partial charge on any atom is -0.384 e. The molecule has 4 rings (SSSR count). The van der Waals surface area contributed by atoms with E-state index >= 15 is 0 Å². The third-order valence-corrected chi connectivity index (χ3v) is 7.13. The van der Waals surface area contributed by atoms with Crippen LogP contribution in [0, 0.1) is 11.3 Å². The molecule has 1 atom stereocenters. The largest absolute Gasteiger partial charge is 0.384 e. The number of likely N-dealkylation sites (tertiary alicyclic amines) is 1. The highest BCUT2D eigenvalue weighted by Crippen LogP contribution is 2.36. The molecular weight excluding hydrogens is 382 g/mol. The van der Waals surface area contributed by atoms with E-state index in [1.807, 2.05) is 4.90 Å². The summed E-state index contributed by atoms with van der Waals surface area (Å²) in [6.45, 7) is 10.00. The topological polar surface area (TPSA) is 72.7 Å². The SMILES string of the molecule is COCC1(Cn2c(CN3CCCC3=O)nnc2N2CCCC2C(C)C)CCOCC1. The summed E-state index contributed by atoms with van der Waals surface area (Å²) in [5, 5.41) is 9.30. The Bertz CT molecular complexity index is 723. The van der Waals surface area contributed by atoms with Crippen molar-refractivity contribution in [3.8, 4) is 0 Å². The molecule has 1 aromatic rings. The van der Waals surface area contributed by atoms with Crippen LogP contribution in [0.3, 0.4) is 0 Å². The molecule has 0 bridgehead atoms. The Morgan fingerprint density at radius 2 is 2.00 bits per heavy atom. The van der Waals surface area contributed by atoms with Gasteiger partial charge in [-0.3, -0.25) is 9.36 Å². The minimum atomic E-state index is 0.0148. The fraction of sp³-hybridized carbons (Fsp3) is 0.864. The van der Waals surface area contributed by atoms with Gasteiger partial charge in [-0.2, -0.15) is 0 Å². The maximum Gasteiger partial charge on any atom is 0.227 e. The van der Waals surface area contributed by atoms with Crippen molar-refractivity contribution in [3.63, 3.8) is 0 Å². The summed E-state index contributed by atoms with van der Waals surface area (Å²) in [6.07, 6.45) is 5.90. The monoisotopic (exact) mass is 419 g/mol. The molecule has 1 amide bonds. The van der Waals surface area contributed by atoms with Gasteiger partial charge in [0, 0.05) is 57.8 Å². The highest BCUT2D eigenvalue weighted by Gasteiger charge is 2.38. The molecule has 1 unspecified atom stereocenters. The van der Waals surface area contributed by atoms with E-state index in [1.54, 1.807) is 7.11 Å². The van der Waals surface area contributed by atoms with Crippen molar-refractivity contribution in [2.45, 2.75) is 71.5 Å². The van der Waals surface area contributed by atoms with Crippen LogP contribution in [0.15, 0.2) is 0 Å². The summed E-state index contributed by atoms with van der Waals surface area (Å²) in [5.41, 5.74) is 0.0148. The van der Waals surface area contributed by atoms with Crippen molar-refractivity contribution in [2.24, 2.45) is 11.3 Å². The van der Waals surface area contributed by atoms with Gasteiger partial charge in [0.2, 0.25) is 11.9 Å². The molecule has 0 aliphatic carbocycles. The Morgan fingerprint density at radius 3 is 2.67 bits per heavy atom. The summed E-state index contributed by atoms with van der Waals surface area (Å²) >= 11 is 0. The molecule has 0 radical (unpaired) electrons. The fourth-order valence-electron chi connectivity index (χ4n) is 5.39. The molecule has 4 heterocycles. The van der Waals surface area contributed by atoms with Crippen LogP contribution in [0.5, 0.6) is 0 Å². The molecule has 1 aromatic heterocycles. The zero-order valence-electron chi connectivity index (χ0n) is 18.8. The first-order valence-corrected chi connectivity index (χ1v) is 11.6. The van der Waals surface area contributed by atoms with Crippen LogP contribution >= 0.6 is 0 Å². The lowest BCUT2D eigenvalue weighted by molar-refractivity contribution is -0.128. The molecule has 0 aromatic carbocycles. The molecule has 3 saturated heterocycles. The lowest BCUT2D eigenvalue weighted by Gasteiger charge is -2.38. The van der Waals surface area contributed by atoms with Crippen molar-refractivity contribution in [1.82, 2.24) is 19.7 Å². The standard InChI is InChI=1S/C22H37N5O3/c1-17(2)18-6-4-11-26(18)21-24-23-19(14-25-10-5-7-20(25)28)27(21)15-22(16-29-3)8-12-30-13-9-22/h17-18H,4-16H2,1-3H3.